The van der Waals surface area contributed by atoms with Gasteiger partial charge in [-0.15, -0.1) is 0 Å². The summed E-state index contributed by atoms with van der Waals surface area (Å²) in [5.74, 6) is 0.590. The molecular weight excluding hydrogens is 392 g/mol. The molecule has 2 aromatic heterocycles. The van der Waals surface area contributed by atoms with Crippen LogP contribution in [0.5, 0.6) is 0 Å². The van der Waals surface area contributed by atoms with Crippen molar-refractivity contribution in [2.24, 2.45) is 0 Å². The molecule has 152 valence electrons. The number of nitriles is 1. The molecule has 0 aliphatic carbocycles. The lowest BCUT2D eigenvalue weighted by molar-refractivity contribution is 0.347. The average molecular weight is 414 g/mol. The molecule has 0 saturated heterocycles. The number of hydrogen-bond acceptors (Lipinski definition) is 7. The van der Waals surface area contributed by atoms with Crippen molar-refractivity contribution in [1.82, 2.24) is 9.29 Å². The van der Waals surface area contributed by atoms with Gasteiger partial charge in [0.25, 0.3) is 5.89 Å². The zero-order chi connectivity index (χ0) is 21.2. The summed E-state index contributed by atoms with van der Waals surface area (Å²) in [6, 6.07) is 12.4. The zero-order valence-corrected chi connectivity index (χ0v) is 17.4. The molecule has 0 bridgehead atoms. The summed E-state index contributed by atoms with van der Waals surface area (Å²) in [5.41, 5.74) is 0.949. The fraction of sp³-hybridized carbons (Fsp3) is 0.300. The second kappa shape index (κ2) is 8.11. The maximum absolute atomic E-state index is 13.4. The SMILES string of the molecule is CNc1oc(-c2cc(S(=O)(=O)N(Cc3ccccc3)C(C)C)c(C)o2)nc1C#N. The monoisotopic (exact) mass is 414 g/mol. The van der Waals surface area contributed by atoms with Gasteiger partial charge >= 0.3 is 0 Å². The van der Waals surface area contributed by atoms with Crippen molar-refractivity contribution in [3.8, 4) is 17.7 Å². The molecule has 3 rings (SSSR count). The van der Waals surface area contributed by atoms with Gasteiger partial charge in [-0.05, 0) is 26.3 Å². The van der Waals surface area contributed by atoms with Crippen LogP contribution in [0, 0.1) is 18.3 Å². The van der Waals surface area contributed by atoms with Gasteiger partial charge in [-0.2, -0.15) is 14.6 Å². The van der Waals surface area contributed by atoms with Crippen molar-refractivity contribution in [3.63, 3.8) is 0 Å². The minimum atomic E-state index is -3.84. The van der Waals surface area contributed by atoms with Crippen molar-refractivity contribution < 1.29 is 17.3 Å². The summed E-state index contributed by atoms with van der Waals surface area (Å²) in [6.07, 6.45) is 0. The van der Waals surface area contributed by atoms with Crippen LogP contribution in [-0.2, 0) is 16.6 Å². The fourth-order valence-electron chi connectivity index (χ4n) is 2.93. The summed E-state index contributed by atoms with van der Waals surface area (Å²) < 4.78 is 39.3. The number of nitrogens with one attached hydrogen (secondary N) is 1. The second-order valence-corrected chi connectivity index (χ2v) is 8.58. The number of hydrogen-bond donors (Lipinski definition) is 1. The summed E-state index contributed by atoms with van der Waals surface area (Å²) in [4.78, 5) is 4.10. The van der Waals surface area contributed by atoms with Crippen LogP contribution in [0.15, 0.2) is 50.1 Å². The first-order valence-corrected chi connectivity index (χ1v) is 10.5. The van der Waals surface area contributed by atoms with Crippen LogP contribution in [0.25, 0.3) is 11.7 Å². The summed E-state index contributed by atoms with van der Waals surface area (Å²) >= 11 is 0. The van der Waals surface area contributed by atoms with Crippen LogP contribution < -0.4 is 5.32 Å². The molecule has 0 fully saturated rings. The molecular formula is C20H22N4O4S. The molecule has 0 aliphatic rings. The van der Waals surface area contributed by atoms with Gasteiger partial charge in [0.05, 0.1) is 0 Å². The molecule has 3 aromatic rings. The molecule has 0 amide bonds. The topological polar surface area (TPSA) is 112 Å². The predicted molar refractivity (Wildman–Crippen MR) is 108 cm³/mol. The number of anilines is 1. The van der Waals surface area contributed by atoms with Crippen molar-refractivity contribution in [3.05, 3.63) is 53.4 Å². The van der Waals surface area contributed by atoms with Crippen LogP contribution in [0.3, 0.4) is 0 Å². The molecule has 0 unspecified atom stereocenters. The first kappa shape index (κ1) is 20.6. The first-order valence-electron chi connectivity index (χ1n) is 9.03. The smallest absolute Gasteiger partial charge is 0.266 e. The molecule has 9 heteroatoms. The van der Waals surface area contributed by atoms with Crippen molar-refractivity contribution in [1.29, 1.82) is 5.26 Å². The van der Waals surface area contributed by atoms with Crippen LogP contribution >= 0.6 is 0 Å². The number of aryl methyl sites for hydroxylation is 1. The number of benzene rings is 1. The highest BCUT2D eigenvalue weighted by atomic mass is 32.2. The standard InChI is InChI=1S/C20H22N4O4S/c1-13(2)24(12-15-8-6-5-7-9-15)29(25,26)18-10-17(27-14(18)3)20-23-16(11-21)19(22-4)28-20/h5-10,13,22H,12H2,1-4H3. The summed E-state index contributed by atoms with van der Waals surface area (Å²) in [7, 11) is -2.25. The van der Waals surface area contributed by atoms with E-state index >= 15 is 0 Å². The Morgan fingerprint density at radius 1 is 1.24 bits per heavy atom. The molecule has 2 heterocycles. The zero-order valence-electron chi connectivity index (χ0n) is 16.6. The van der Waals surface area contributed by atoms with E-state index in [4.69, 9.17) is 14.1 Å². The maximum Gasteiger partial charge on any atom is 0.266 e. The van der Waals surface area contributed by atoms with Crippen LogP contribution in [0.4, 0.5) is 5.88 Å². The Morgan fingerprint density at radius 3 is 2.48 bits per heavy atom. The molecule has 0 aliphatic heterocycles. The van der Waals surface area contributed by atoms with E-state index in [9.17, 15) is 8.42 Å². The number of rotatable bonds is 7. The summed E-state index contributed by atoms with van der Waals surface area (Å²) in [6.45, 7) is 5.46. The molecule has 1 N–H and O–H groups in total. The number of sulfonamides is 1. The lowest BCUT2D eigenvalue weighted by Crippen LogP contribution is -2.36. The van der Waals surface area contributed by atoms with E-state index in [0.717, 1.165) is 5.56 Å². The van der Waals surface area contributed by atoms with Crippen molar-refractivity contribution >= 4 is 15.9 Å². The molecule has 0 spiro atoms. The third-order valence-electron chi connectivity index (χ3n) is 4.39. The largest absolute Gasteiger partial charge is 0.455 e. The first-order chi connectivity index (χ1) is 13.8. The Labute approximate surface area is 169 Å². The fourth-order valence-corrected chi connectivity index (χ4v) is 4.72. The van der Waals surface area contributed by atoms with E-state index in [-0.39, 0.29) is 46.5 Å². The van der Waals surface area contributed by atoms with Gasteiger partial charge in [0.15, 0.2) is 5.76 Å². The van der Waals surface area contributed by atoms with Crippen LogP contribution in [0.2, 0.25) is 0 Å². The molecule has 29 heavy (non-hydrogen) atoms. The van der Waals surface area contributed by atoms with Gasteiger partial charge in [0, 0.05) is 25.7 Å². The van der Waals surface area contributed by atoms with E-state index in [2.05, 4.69) is 10.3 Å². The van der Waals surface area contributed by atoms with E-state index in [1.165, 1.54) is 10.4 Å². The van der Waals surface area contributed by atoms with Crippen molar-refractivity contribution in [2.75, 3.05) is 12.4 Å². The second-order valence-electron chi connectivity index (χ2n) is 6.72. The Kier molecular flexibility index (Phi) is 5.77. The number of furan rings is 1. The van der Waals surface area contributed by atoms with E-state index in [1.54, 1.807) is 14.0 Å². The van der Waals surface area contributed by atoms with E-state index < -0.39 is 10.0 Å². The van der Waals surface area contributed by atoms with Gasteiger partial charge in [-0.25, -0.2) is 8.42 Å². The number of nitrogens with zero attached hydrogens (tertiary/aromatic N) is 3. The van der Waals surface area contributed by atoms with E-state index in [1.807, 2.05) is 50.2 Å². The molecule has 0 radical (unpaired) electrons. The highest BCUT2D eigenvalue weighted by Gasteiger charge is 2.32. The van der Waals surface area contributed by atoms with Gasteiger partial charge in [-0.1, -0.05) is 30.3 Å². The highest BCUT2D eigenvalue weighted by molar-refractivity contribution is 7.89. The van der Waals surface area contributed by atoms with Crippen LogP contribution in [0.1, 0.15) is 30.9 Å². The molecule has 8 nitrogen and oxygen atoms in total. The Bertz CT molecular complexity index is 1140. The lowest BCUT2D eigenvalue weighted by Gasteiger charge is -2.25. The minimum Gasteiger partial charge on any atom is -0.455 e. The van der Waals surface area contributed by atoms with Gasteiger partial charge < -0.3 is 14.2 Å². The Hall–Kier alpha value is -3.09. The predicted octanol–water partition coefficient (Wildman–Crippen LogP) is 3.76. The molecule has 1 aromatic carbocycles. The maximum atomic E-state index is 13.4. The third-order valence-corrected chi connectivity index (χ3v) is 6.52. The highest BCUT2D eigenvalue weighted by Crippen LogP contribution is 2.32. The Balaban J connectivity index is 2.00. The molecule has 0 atom stereocenters. The van der Waals surface area contributed by atoms with E-state index in [0.29, 0.717) is 0 Å². The molecule has 0 saturated carbocycles. The van der Waals surface area contributed by atoms with Crippen LogP contribution in [-0.4, -0.2) is 30.8 Å². The Morgan fingerprint density at radius 2 is 1.93 bits per heavy atom. The quantitative estimate of drug-likeness (QED) is 0.626. The minimum absolute atomic E-state index is 0.0367. The van der Waals surface area contributed by atoms with Gasteiger partial charge in [-0.3, -0.25) is 0 Å². The van der Waals surface area contributed by atoms with Gasteiger partial charge in [0.2, 0.25) is 21.6 Å². The number of aromatic nitrogens is 1. The number of oxazole rings is 1. The van der Waals surface area contributed by atoms with Gasteiger partial charge in [0.1, 0.15) is 16.7 Å². The lowest BCUT2D eigenvalue weighted by atomic mass is 10.2. The normalized spacial score (nSPS) is 11.8. The average Bonchev–Trinajstić information content (AvgIpc) is 3.30. The summed E-state index contributed by atoms with van der Waals surface area (Å²) in [5, 5.41) is 11.9. The third kappa shape index (κ3) is 4.04. The van der Waals surface area contributed by atoms with Crippen molar-refractivity contribution in [2.45, 2.75) is 38.3 Å².